The van der Waals surface area contributed by atoms with Gasteiger partial charge in [0.1, 0.15) is 0 Å². The van der Waals surface area contributed by atoms with Crippen LogP contribution in [0.1, 0.15) is 140 Å². The first kappa shape index (κ1) is 62.5. The van der Waals surface area contributed by atoms with Gasteiger partial charge in [-0.15, -0.1) is 0 Å². The van der Waals surface area contributed by atoms with Crippen LogP contribution < -0.4 is 40.2 Å². The average molecular weight is 1100 g/mol. The summed E-state index contributed by atoms with van der Waals surface area (Å²) in [6, 6.07) is 33.5. The van der Waals surface area contributed by atoms with Crippen LogP contribution >= 0.6 is 0 Å². The van der Waals surface area contributed by atoms with Gasteiger partial charge in [-0.05, 0) is 133 Å². The van der Waals surface area contributed by atoms with Gasteiger partial charge in [-0.1, -0.05) is 100 Å². The van der Waals surface area contributed by atoms with Crippen molar-refractivity contribution < 1.29 is 90.4 Å². The van der Waals surface area contributed by atoms with Gasteiger partial charge in [0.15, 0.2) is 11.4 Å². The first-order chi connectivity index (χ1) is 36.4. The van der Waals surface area contributed by atoms with Crippen LogP contribution in [0, 0.1) is 11.8 Å². The quantitative estimate of drug-likeness (QED) is 0.0481. The Bertz CT molecular complexity index is 3390. The van der Waals surface area contributed by atoms with E-state index in [9.17, 15) is 45.5 Å². The number of hydrogen-bond acceptors (Lipinski definition) is 8. The Hall–Kier alpha value is -7.32. The van der Waals surface area contributed by atoms with Gasteiger partial charge in [-0.2, -0.15) is 36.5 Å². The molecule has 0 bridgehead atoms. The molecule has 0 radical (unpaired) electrons. The van der Waals surface area contributed by atoms with Crippen LogP contribution in [0.4, 0.5) is 26.3 Å². The van der Waals surface area contributed by atoms with Crippen molar-refractivity contribution in [2.75, 3.05) is 7.11 Å². The van der Waals surface area contributed by atoms with Crippen molar-refractivity contribution in [2.45, 2.75) is 91.9 Å². The van der Waals surface area contributed by atoms with Gasteiger partial charge in [0.05, 0.1) is 52.5 Å². The number of methoxy groups -OCH3 is 1. The maximum absolute atomic E-state index is 13.5. The minimum atomic E-state index is -4.41. The molecule has 0 unspecified atom stereocenters. The van der Waals surface area contributed by atoms with Crippen molar-refractivity contribution in [3.05, 3.63) is 200 Å². The fourth-order valence-corrected chi connectivity index (χ4v) is 8.88. The first-order valence-corrected chi connectivity index (χ1v) is 24.8. The van der Waals surface area contributed by atoms with Gasteiger partial charge in [0, 0.05) is 23.9 Å². The molecule has 8 aromatic rings. The number of alkyl halides is 6. The number of carbonyl (C=O) groups excluding carboxylic acids is 3. The number of ether oxygens (including phenoxy) is 1. The molecule has 410 valence electrons. The van der Waals surface area contributed by atoms with Crippen LogP contribution in [0.15, 0.2) is 133 Å². The minimum Gasteiger partial charge on any atom is -0.870 e. The Morgan fingerprint density at radius 3 is 1.22 bits per heavy atom. The summed E-state index contributed by atoms with van der Waals surface area (Å²) in [5.41, 5.74) is 5.66. The number of esters is 1. The smallest absolute Gasteiger partial charge is 0.870 e. The van der Waals surface area contributed by atoms with E-state index >= 15 is 0 Å². The van der Waals surface area contributed by atoms with Crippen LogP contribution in [0.3, 0.4) is 0 Å². The largest absolute Gasteiger partial charge is 1.00 e. The van der Waals surface area contributed by atoms with Crippen molar-refractivity contribution in [3.8, 4) is 0 Å². The summed E-state index contributed by atoms with van der Waals surface area (Å²) in [7, 11) is 1.31. The zero-order valence-corrected chi connectivity index (χ0v) is 46.8. The molecule has 0 fully saturated rings. The number of fused-ring (bicyclic) bond motifs is 2. The number of benzene rings is 6. The average Bonchev–Trinajstić information content (AvgIpc) is 4.09. The molecular weight excluding hydrogens is 1040 g/mol. The number of carbonyl (C=O) groups is 4. The summed E-state index contributed by atoms with van der Waals surface area (Å²) in [4.78, 5) is 49.9. The third-order valence-electron chi connectivity index (χ3n) is 12.8. The molecule has 0 spiro atoms. The van der Waals surface area contributed by atoms with E-state index < -0.39 is 47.4 Å². The third-order valence-corrected chi connectivity index (χ3v) is 12.8. The molecule has 2 amide bonds. The van der Waals surface area contributed by atoms with E-state index in [1.54, 1.807) is 52.7 Å². The van der Waals surface area contributed by atoms with E-state index in [1.807, 2.05) is 57.2 Å². The number of rotatable bonds is 16. The topological polar surface area (TPSA) is 187 Å². The number of carboxylic acid groups (broad SMARTS) is 1. The van der Waals surface area contributed by atoms with E-state index in [1.165, 1.54) is 43.5 Å². The molecule has 0 saturated heterocycles. The normalized spacial score (nSPS) is 12.2. The predicted molar refractivity (Wildman–Crippen MR) is 283 cm³/mol. The van der Waals surface area contributed by atoms with Gasteiger partial charge in [-0.3, -0.25) is 19.0 Å². The summed E-state index contributed by atoms with van der Waals surface area (Å²) in [6.07, 6.45) is -8.15. The molecule has 0 aliphatic carbocycles. The molecule has 6 aromatic carbocycles. The van der Waals surface area contributed by atoms with Gasteiger partial charge in [-0.25, -0.2) is 9.59 Å². The molecule has 2 heterocycles. The summed E-state index contributed by atoms with van der Waals surface area (Å²) >= 11 is 0. The van der Waals surface area contributed by atoms with E-state index in [0.29, 0.717) is 53.4 Å². The second kappa shape index (κ2) is 26.6. The number of hydrogen-bond donors (Lipinski definition) is 3. The molecule has 2 aromatic heterocycles. The fraction of sp³-hybridized carbons (Fsp3) is 0.288. The Morgan fingerprint density at radius 2 is 0.899 bits per heavy atom. The zero-order valence-electron chi connectivity index (χ0n) is 44.8. The maximum atomic E-state index is 13.5. The molecule has 13 nitrogen and oxygen atoms in total. The zero-order chi connectivity index (χ0) is 55.9. The van der Waals surface area contributed by atoms with Crippen molar-refractivity contribution in [1.82, 2.24) is 30.2 Å². The Kier molecular flexibility index (Phi) is 21.0. The molecule has 79 heavy (non-hydrogen) atoms. The van der Waals surface area contributed by atoms with Crippen molar-refractivity contribution in [1.29, 1.82) is 0 Å². The summed E-state index contributed by atoms with van der Waals surface area (Å²) < 4.78 is 86.4. The van der Waals surface area contributed by atoms with Crippen LogP contribution in [0.25, 0.3) is 21.8 Å². The van der Waals surface area contributed by atoms with Crippen molar-refractivity contribution in [3.63, 3.8) is 0 Å². The number of halogens is 6. The van der Waals surface area contributed by atoms with Gasteiger partial charge >= 0.3 is 53.8 Å². The molecule has 8 rings (SSSR count). The Labute approximate surface area is 475 Å². The molecule has 0 saturated carbocycles. The first-order valence-electron chi connectivity index (χ1n) is 24.8. The summed E-state index contributed by atoms with van der Waals surface area (Å²) in [6.45, 7) is 13.0. The van der Waals surface area contributed by atoms with Gasteiger partial charge in [0.2, 0.25) is 0 Å². The molecular formula is C59H59F6N6NaO7. The van der Waals surface area contributed by atoms with Crippen LogP contribution in [0.2, 0.25) is 0 Å². The molecule has 4 N–H and O–H groups in total. The number of nitrogens with zero attached hydrogens (tertiary/aromatic N) is 4. The second-order valence-electron chi connectivity index (χ2n) is 19.6. The molecule has 0 aliphatic rings. The second-order valence-corrected chi connectivity index (χ2v) is 19.6. The van der Waals surface area contributed by atoms with Crippen LogP contribution in [-0.4, -0.2) is 61.0 Å². The van der Waals surface area contributed by atoms with Crippen molar-refractivity contribution >= 4 is 45.6 Å². The number of aromatic carboxylic acids is 1. The van der Waals surface area contributed by atoms with E-state index in [2.05, 4.69) is 34.7 Å². The fourth-order valence-electron chi connectivity index (χ4n) is 8.88. The molecule has 0 aliphatic heterocycles. The summed E-state index contributed by atoms with van der Waals surface area (Å²) in [5.74, 6) is -1.70. The van der Waals surface area contributed by atoms with Crippen LogP contribution in [-0.2, 0) is 43.0 Å². The van der Waals surface area contributed by atoms with Gasteiger partial charge in [0.25, 0.3) is 11.8 Å². The SMILES string of the molecule is CC(C)Cn1nc(C(=O)N[C@@H](C)c2ccc(C(=O)O)cc2)c2c(Cc3ccc(C(F)(F)F)cc3)cccc21.COC(=O)c1ccc([C@H](C)NC(=O)c2nn(CC(C)C)c3cccc(Cc4ccc(C(F)(F)F)cc4)c23)cc1.[Na+].[OH-]. The Balaban J connectivity index is 0.000000284. The van der Waals surface area contributed by atoms with Gasteiger partial charge < -0.3 is 26.0 Å². The summed E-state index contributed by atoms with van der Waals surface area (Å²) in [5, 5.41) is 25.7. The number of nitrogens with one attached hydrogen (secondary N) is 2. The standard InChI is InChI=1S/C30H30F3N3O3.C29H28F3N3O3.Na.H2O/c1-18(2)17-36-25-7-5-6-23(16-20-8-14-24(15-9-20)30(31,32)33)26(25)27(35-36)28(37)34-19(3)21-10-12-22(13-11-21)29(38)39-4;1-17(2)16-35-24-6-4-5-22(15-19-7-13-23(14-8-19)29(30,31)32)25(24)26(34-35)27(36)33-18(3)20-9-11-21(12-10-20)28(37)38;;/h5-15,18-19H,16-17H2,1-4H3,(H,34,37);4-14,17-18H,15-16H2,1-3H3,(H,33,36)(H,37,38);;1H2/q;;+1;/p-1/t19-;18-;;/m00../s1. The number of aromatic nitrogens is 4. The van der Waals surface area contributed by atoms with E-state index in [0.717, 1.165) is 57.6 Å². The third kappa shape index (κ3) is 15.5. The van der Waals surface area contributed by atoms with E-state index in [-0.39, 0.29) is 75.8 Å². The maximum Gasteiger partial charge on any atom is 1.00 e. The predicted octanol–water partition coefficient (Wildman–Crippen LogP) is 9.90. The number of carboxylic acids is 1. The monoisotopic (exact) mass is 1100 g/mol. The van der Waals surface area contributed by atoms with E-state index in [4.69, 9.17) is 9.84 Å². The molecule has 20 heteroatoms. The Morgan fingerprint density at radius 1 is 0.544 bits per heavy atom. The van der Waals surface area contributed by atoms with Crippen LogP contribution in [0.5, 0.6) is 0 Å². The number of amides is 2. The molecule has 2 atom stereocenters. The van der Waals surface area contributed by atoms with Crippen molar-refractivity contribution in [2.24, 2.45) is 11.8 Å². The minimum absolute atomic E-state index is 0.